The van der Waals surface area contributed by atoms with Crippen LogP contribution in [0.25, 0.3) is 0 Å². The summed E-state index contributed by atoms with van der Waals surface area (Å²) in [5, 5.41) is 12.1. The van der Waals surface area contributed by atoms with Crippen molar-refractivity contribution in [3.63, 3.8) is 0 Å². The van der Waals surface area contributed by atoms with Crippen LogP contribution in [0, 0.1) is 5.82 Å². The summed E-state index contributed by atoms with van der Waals surface area (Å²) < 4.78 is 20.1. The predicted molar refractivity (Wildman–Crippen MR) is 78.2 cm³/mol. The van der Waals surface area contributed by atoms with Crippen LogP contribution in [0.2, 0.25) is 0 Å². The smallest absolute Gasteiger partial charge is 0.209 e. The lowest BCUT2D eigenvalue weighted by atomic mass is 10.1. The van der Waals surface area contributed by atoms with Crippen molar-refractivity contribution >= 4 is 17.5 Å². The Labute approximate surface area is 131 Å². The average Bonchev–Trinajstić information content (AvgIpc) is 3.18. The second kappa shape index (κ2) is 6.97. The van der Waals surface area contributed by atoms with Gasteiger partial charge in [-0.2, -0.15) is 0 Å². The summed E-state index contributed by atoms with van der Waals surface area (Å²) >= 11 is 1.27. The molecule has 2 heterocycles. The predicted octanol–water partition coefficient (Wildman–Crippen LogP) is 1.97. The number of aromatic nitrogens is 4. The van der Waals surface area contributed by atoms with Crippen LogP contribution in [-0.4, -0.2) is 44.5 Å². The first kappa shape index (κ1) is 15.1. The molecule has 2 aromatic rings. The molecule has 0 saturated carbocycles. The number of hydrogen-bond donors (Lipinski definition) is 0. The first-order valence-electron chi connectivity index (χ1n) is 7.02. The van der Waals surface area contributed by atoms with Crippen LogP contribution < -0.4 is 0 Å². The van der Waals surface area contributed by atoms with Crippen molar-refractivity contribution in [1.29, 1.82) is 0 Å². The van der Waals surface area contributed by atoms with E-state index in [9.17, 15) is 9.18 Å². The summed E-state index contributed by atoms with van der Waals surface area (Å²) in [5.74, 6) is -0.237. The molecule has 0 amide bonds. The molecule has 1 aliphatic rings. The zero-order valence-corrected chi connectivity index (χ0v) is 12.6. The van der Waals surface area contributed by atoms with Gasteiger partial charge in [0.15, 0.2) is 5.78 Å². The molecule has 8 heteroatoms. The number of hydrogen-bond acceptors (Lipinski definition) is 6. The number of carbonyl (C=O) groups is 1. The first-order chi connectivity index (χ1) is 10.7. The Bertz CT molecular complexity index is 641. The third kappa shape index (κ3) is 3.69. The van der Waals surface area contributed by atoms with E-state index in [0.717, 1.165) is 19.4 Å². The molecule has 1 aliphatic heterocycles. The molecule has 116 valence electrons. The number of thioether (sulfide) groups is 1. The van der Waals surface area contributed by atoms with E-state index in [0.29, 0.717) is 17.3 Å². The van der Waals surface area contributed by atoms with Gasteiger partial charge in [0.1, 0.15) is 5.82 Å². The molecule has 0 bridgehead atoms. The Hall–Kier alpha value is -1.80. The molecule has 1 aromatic heterocycles. The molecule has 1 fully saturated rings. The lowest BCUT2D eigenvalue weighted by Gasteiger charge is -2.09. The van der Waals surface area contributed by atoms with Crippen molar-refractivity contribution in [3.05, 3.63) is 35.6 Å². The van der Waals surface area contributed by atoms with Crippen molar-refractivity contribution in [1.82, 2.24) is 20.2 Å². The Morgan fingerprint density at radius 3 is 2.95 bits per heavy atom. The van der Waals surface area contributed by atoms with Gasteiger partial charge in [-0.3, -0.25) is 4.79 Å². The van der Waals surface area contributed by atoms with Gasteiger partial charge in [-0.05, 0) is 47.5 Å². The fourth-order valence-corrected chi connectivity index (χ4v) is 3.03. The Balaban J connectivity index is 1.58. The summed E-state index contributed by atoms with van der Waals surface area (Å²) in [6.45, 7) is 1.37. The van der Waals surface area contributed by atoms with Crippen LogP contribution in [0.4, 0.5) is 4.39 Å². The molecule has 0 aliphatic carbocycles. The van der Waals surface area contributed by atoms with Gasteiger partial charge in [-0.25, -0.2) is 9.07 Å². The number of ketones is 1. The molecule has 0 radical (unpaired) electrons. The fraction of sp³-hybridized carbons (Fsp3) is 0.429. The number of Topliss-reactive ketones (excluding diaryl/α,β-unsaturated/α-hetero) is 1. The maximum atomic E-state index is 12.8. The highest BCUT2D eigenvalue weighted by atomic mass is 32.2. The number of benzene rings is 1. The van der Waals surface area contributed by atoms with Crippen LogP contribution >= 0.6 is 11.8 Å². The van der Waals surface area contributed by atoms with Gasteiger partial charge in [0, 0.05) is 12.2 Å². The second-order valence-electron chi connectivity index (χ2n) is 5.00. The van der Waals surface area contributed by atoms with Crippen LogP contribution in [-0.2, 0) is 11.3 Å². The normalized spacial score (nSPS) is 17.8. The molecule has 6 nitrogen and oxygen atoms in total. The Kier molecular flexibility index (Phi) is 4.79. The molecule has 0 spiro atoms. The van der Waals surface area contributed by atoms with Gasteiger partial charge < -0.3 is 4.74 Å². The maximum Gasteiger partial charge on any atom is 0.209 e. The van der Waals surface area contributed by atoms with E-state index in [1.807, 2.05) is 0 Å². The van der Waals surface area contributed by atoms with Crippen molar-refractivity contribution in [2.24, 2.45) is 0 Å². The summed E-state index contributed by atoms with van der Waals surface area (Å²) in [5.41, 5.74) is 0.479. The summed E-state index contributed by atoms with van der Waals surface area (Å²) in [7, 11) is 0. The molecule has 1 saturated heterocycles. The van der Waals surface area contributed by atoms with E-state index in [1.165, 1.54) is 36.0 Å². The van der Waals surface area contributed by atoms with Crippen LogP contribution in [0.15, 0.2) is 29.4 Å². The van der Waals surface area contributed by atoms with Gasteiger partial charge in [-0.15, -0.1) is 5.10 Å². The third-order valence-corrected chi connectivity index (χ3v) is 4.36. The number of ether oxygens (including phenoxy) is 1. The van der Waals surface area contributed by atoms with E-state index in [-0.39, 0.29) is 23.5 Å². The summed E-state index contributed by atoms with van der Waals surface area (Å²) in [6.07, 6.45) is 2.19. The molecule has 0 N–H and O–H groups in total. The largest absolute Gasteiger partial charge is 0.376 e. The zero-order chi connectivity index (χ0) is 15.4. The van der Waals surface area contributed by atoms with E-state index in [2.05, 4.69) is 15.5 Å². The van der Waals surface area contributed by atoms with E-state index < -0.39 is 0 Å². The molecular weight excluding hydrogens is 307 g/mol. The molecule has 1 aromatic carbocycles. The van der Waals surface area contributed by atoms with Gasteiger partial charge in [0.25, 0.3) is 0 Å². The van der Waals surface area contributed by atoms with Crippen LogP contribution in [0.5, 0.6) is 0 Å². The monoisotopic (exact) mass is 322 g/mol. The lowest BCUT2D eigenvalue weighted by molar-refractivity contribution is 0.0912. The third-order valence-electron chi connectivity index (χ3n) is 3.40. The van der Waals surface area contributed by atoms with Gasteiger partial charge in [-0.1, -0.05) is 11.8 Å². The minimum Gasteiger partial charge on any atom is -0.376 e. The summed E-state index contributed by atoms with van der Waals surface area (Å²) in [4.78, 5) is 12.1. The molecule has 22 heavy (non-hydrogen) atoms. The number of tetrazole rings is 1. The SMILES string of the molecule is O=C(CSc1nnnn1CC1CCCO1)c1ccc(F)cc1. The second-order valence-corrected chi connectivity index (χ2v) is 5.94. The Morgan fingerprint density at radius 1 is 1.41 bits per heavy atom. The van der Waals surface area contributed by atoms with Crippen molar-refractivity contribution < 1.29 is 13.9 Å². The fourth-order valence-electron chi connectivity index (χ4n) is 2.24. The maximum absolute atomic E-state index is 12.8. The van der Waals surface area contributed by atoms with E-state index in [1.54, 1.807) is 4.68 Å². The van der Waals surface area contributed by atoms with E-state index in [4.69, 9.17) is 4.74 Å². The highest BCUT2D eigenvalue weighted by molar-refractivity contribution is 7.99. The van der Waals surface area contributed by atoms with Crippen molar-refractivity contribution in [2.75, 3.05) is 12.4 Å². The van der Waals surface area contributed by atoms with Crippen LogP contribution in [0.3, 0.4) is 0 Å². The average molecular weight is 322 g/mol. The first-order valence-corrected chi connectivity index (χ1v) is 8.00. The minimum absolute atomic E-state index is 0.0864. The number of halogens is 1. The number of nitrogens with zero attached hydrogens (tertiary/aromatic N) is 4. The van der Waals surface area contributed by atoms with Gasteiger partial charge >= 0.3 is 0 Å². The highest BCUT2D eigenvalue weighted by Gasteiger charge is 2.19. The molecular formula is C14H15FN4O2S. The molecule has 1 atom stereocenters. The zero-order valence-electron chi connectivity index (χ0n) is 11.8. The molecule has 3 rings (SSSR count). The highest BCUT2D eigenvalue weighted by Crippen LogP contribution is 2.19. The molecule has 1 unspecified atom stereocenters. The van der Waals surface area contributed by atoms with Gasteiger partial charge in [0.2, 0.25) is 5.16 Å². The standard InChI is InChI=1S/C14H15FN4O2S/c15-11-5-3-10(4-6-11)13(20)9-22-14-16-17-18-19(14)8-12-2-1-7-21-12/h3-6,12H,1-2,7-9H2. The topological polar surface area (TPSA) is 69.9 Å². The van der Waals surface area contributed by atoms with Gasteiger partial charge in [0.05, 0.1) is 18.4 Å². The Morgan fingerprint density at radius 2 is 2.23 bits per heavy atom. The van der Waals surface area contributed by atoms with Crippen molar-refractivity contribution in [3.8, 4) is 0 Å². The number of carbonyl (C=O) groups excluding carboxylic acids is 1. The van der Waals surface area contributed by atoms with Crippen molar-refractivity contribution in [2.45, 2.75) is 30.6 Å². The van der Waals surface area contributed by atoms with E-state index >= 15 is 0 Å². The van der Waals surface area contributed by atoms with Crippen LogP contribution in [0.1, 0.15) is 23.2 Å². The minimum atomic E-state index is -0.357. The summed E-state index contributed by atoms with van der Waals surface area (Å²) in [6, 6.07) is 5.51. The lowest BCUT2D eigenvalue weighted by Crippen LogP contribution is -2.17. The number of rotatable bonds is 6. The quantitative estimate of drug-likeness (QED) is 0.598.